The molecule has 1 aromatic carbocycles. The van der Waals surface area contributed by atoms with E-state index in [1.807, 2.05) is 0 Å². The Bertz CT molecular complexity index is 462. The molecule has 0 amide bonds. The summed E-state index contributed by atoms with van der Waals surface area (Å²) in [6.07, 6.45) is 0. The minimum absolute atomic E-state index is 0.0134. The van der Waals surface area contributed by atoms with Crippen molar-refractivity contribution < 1.29 is 13.2 Å². The molecule has 0 radical (unpaired) electrons. The summed E-state index contributed by atoms with van der Waals surface area (Å²) in [5.41, 5.74) is 5.89. The normalized spacial score (nSPS) is 11.6. The van der Waals surface area contributed by atoms with E-state index in [1.165, 1.54) is 25.3 Å². The van der Waals surface area contributed by atoms with Crippen LogP contribution in [0.2, 0.25) is 5.02 Å². The molecule has 0 fully saturated rings. The van der Waals surface area contributed by atoms with Gasteiger partial charge in [0.15, 0.2) is 0 Å². The first-order valence-electron chi connectivity index (χ1n) is 4.51. The summed E-state index contributed by atoms with van der Waals surface area (Å²) in [5, 5.41) is 0.102. The third-order valence-corrected chi connectivity index (χ3v) is 3.79. The molecule has 0 saturated heterocycles. The standard InChI is InChI=1S/C9H13ClN2O3S/c1-15-5-4-12-16(13,14)9-3-2-7(11)6-8(9)10/h2-3,6,12H,4-5,11H2,1H3. The molecule has 0 aliphatic heterocycles. The monoisotopic (exact) mass is 264 g/mol. The molecule has 1 rings (SSSR count). The molecule has 0 aromatic heterocycles. The van der Waals surface area contributed by atoms with Gasteiger partial charge in [0.2, 0.25) is 10.0 Å². The van der Waals surface area contributed by atoms with Crippen LogP contribution in [0.5, 0.6) is 0 Å². The van der Waals surface area contributed by atoms with Crippen LogP contribution in [0, 0.1) is 0 Å². The van der Waals surface area contributed by atoms with E-state index >= 15 is 0 Å². The quantitative estimate of drug-likeness (QED) is 0.610. The van der Waals surface area contributed by atoms with Gasteiger partial charge in [-0.1, -0.05) is 11.6 Å². The predicted molar refractivity (Wildman–Crippen MR) is 62.9 cm³/mol. The number of anilines is 1. The molecule has 0 saturated carbocycles. The van der Waals surface area contributed by atoms with Crippen LogP contribution >= 0.6 is 11.6 Å². The first kappa shape index (κ1) is 13.2. The van der Waals surface area contributed by atoms with E-state index in [-0.39, 0.29) is 16.5 Å². The van der Waals surface area contributed by atoms with E-state index in [1.54, 1.807) is 0 Å². The van der Waals surface area contributed by atoms with Crippen molar-refractivity contribution in [1.29, 1.82) is 0 Å². The number of nitrogens with two attached hydrogens (primary N) is 1. The van der Waals surface area contributed by atoms with Gasteiger partial charge in [-0.3, -0.25) is 0 Å². The Labute approximate surface area is 99.6 Å². The molecule has 0 aliphatic rings. The summed E-state index contributed by atoms with van der Waals surface area (Å²) in [6.45, 7) is 0.491. The lowest BCUT2D eigenvalue weighted by Crippen LogP contribution is -2.27. The zero-order valence-electron chi connectivity index (χ0n) is 8.73. The van der Waals surface area contributed by atoms with Crippen LogP contribution in [0.3, 0.4) is 0 Å². The number of rotatable bonds is 5. The minimum atomic E-state index is -3.60. The number of hydrogen-bond donors (Lipinski definition) is 2. The molecular weight excluding hydrogens is 252 g/mol. The van der Waals surface area contributed by atoms with Gasteiger partial charge >= 0.3 is 0 Å². The van der Waals surface area contributed by atoms with Crippen molar-refractivity contribution in [2.75, 3.05) is 26.0 Å². The number of sulfonamides is 1. The lowest BCUT2D eigenvalue weighted by molar-refractivity contribution is 0.204. The van der Waals surface area contributed by atoms with E-state index in [4.69, 9.17) is 22.1 Å². The Kier molecular flexibility index (Phi) is 4.55. The molecule has 5 nitrogen and oxygen atoms in total. The third-order valence-electron chi connectivity index (χ3n) is 1.84. The number of nitrogens with one attached hydrogen (secondary N) is 1. The van der Waals surface area contributed by atoms with Crippen molar-refractivity contribution in [1.82, 2.24) is 4.72 Å². The lowest BCUT2D eigenvalue weighted by atomic mass is 10.3. The smallest absolute Gasteiger partial charge is 0.242 e. The fourth-order valence-electron chi connectivity index (χ4n) is 1.09. The van der Waals surface area contributed by atoms with Gasteiger partial charge in [0.25, 0.3) is 0 Å². The number of halogens is 1. The largest absolute Gasteiger partial charge is 0.399 e. The highest BCUT2D eigenvalue weighted by Gasteiger charge is 2.16. The van der Waals surface area contributed by atoms with Crippen LogP contribution in [0.25, 0.3) is 0 Å². The summed E-state index contributed by atoms with van der Waals surface area (Å²) in [4.78, 5) is 0.0134. The van der Waals surface area contributed by atoms with Gasteiger partial charge in [-0.2, -0.15) is 0 Å². The Morgan fingerprint density at radius 1 is 1.50 bits per heavy atom. The maximum atomic E-state index is 11.7. The van der Waals surface area contributed by atoms with Crippen molar-refractivity contribution in [2.45, 2.75) is 4.90 Å². The van der Waals surface area contributed by atoms with Gasteiger partial charge in [-0.15, -0.1) is 0 Å². The van der Waals surface area contributed by atoms with Crippen molar-refractivity contribution >= 4 is 27.3 Å². The third kappa shape index (κ3) is 3.34. The highest BCUT2D eigenvalue weighted by atomic mass is 35.5. The van der Waals surface area contributed by atoms with Gasteiger partial charge in [0, 0.05) is 19.3 Å². The molecule has 90 valence electrons. The molecule has 0 bridgehead atoms. The van der Waals surface area contributed by atoms with Crippen molar-refractivity contribution in [3.05, 3.63) is 23.2 Å². The molecule has 0 aliphatic carbocycles. The second-order valence-corrected chi connectivity index (χ2v) is 5.22. The zero-order valence-corrected chi connectivity index (χ0v) is 10.3. The van der Waals surface area contributed by atoms with Gasteiger partial charge < -0.3 is 10.5 Å². The van der Waals surface area contributed by atoms with E-state index in [2.05, 4.69) is 4.72 Å². The van der Waals surface area contributed by atoms with Crippen LogP contribution in [-0.4, -0.2) is 28.7 Å². The fourth-order valence-corrected chi connectivity index (χ4v) is 2.65. The number of methoxy groups -OCH3 is 1. The molecular formula is C9H13ClN2O3S. The fraction of sp³-hybridized carbons (Fsp3) is 0.333. The maximum Gasteiger partial charge on any atom is 0.242 e. The van der Waals surface area contributed by atoms with Gasteiger partial charge in [-0.25, -0.2) is 13.1 Å². The van der Waals surface area contributed by atoms with E-state index in [9.17, 15) is 8.42 Å². The first-order valence-corrected chi connectivity index (χ1v) is 6.37. The SMILES string of the molecule is COCCNS(=O)(=O)c1ccc(N)cc1Cl. The molecule has 7 heteroatoms. The Morgan fingerprint density at radius 2 is 2.19 bits per heavy atom. The molecule has 0 atom stereocenters. The average molecular weight is 265 g/mol. The highest BCUT2D eigenvalue weighted by Crippen LogP contribution is 2.23. The highest BCUT2D eigenvalue weighted by molar-refractivity contribution is 7.89. The Balaban J connectivity index is 2.90. The van der Waals surface area contributed by atoms with E-state index < -0.39 is 10.0 Å². The van der Waals surface area contributed by atoms with Crippen LogP contribution in [-0.2, 0) is 14.8 Å². The molecule has 0 unspecified atom stereocenters. The topological polar surface area (TPSA) is 81.4 Å². The molecule has 3 N–H and O–H groups in total. The summed E-state index contributed by atoms with van der Waals surface area (Å²) in [7, 11) is -2.11. The molecule has 0 spiro atoms. The van der Waals surface area contributed by atoms with Crippen LogP contribution in [0.15, 0.2) is 23.1 Å². The average Bonchev–Trinajstić information content (AvgIpc) is 2.17. The van der Waals surface area contributed by atoms with Crippen molar-refractivity contribution in [3.8, 4) is 0 Å². The lowest BCUT2D eigenvalue weighted by Gasteiger charge is -2.08. The summed E-state index contributed by atoms with van der Waals surface area (Å²) in [5.74, 6) is 0. The van der Waals surface area contributed by atoms with Gasteiger partial charge in [0.05, 0.1) is 11.6 Å². The number of ether oxygens (including phenoxy) is 1. The second kappa shape index (κ2) is 5.49. The van der Waals surface area contributed by atoms with Gasteiger partial charge in [-0.05, 0) is 18.2 Å². The van der Waals surface area contributed by atoms with Crippen molar-refractivity contribution in [3.63, 3.8) is 0 Å². The molecule has 0 heterocycles. The number of nitrogen functional groups attached to an aromatic ring is 1. The van der Waals surface area contributed by atoms with E-state index in [0.29, 0.717) is 12.3 Å². The second-order valence-electron chi connectivity index (χ2n) is 3.08. The number of hydrogen-bond acceptors (Lipinski definition) is 4. The van der Waals surface area contributed by atoms with Crippen LogP contribution in [0.1, 0.15) is 0 Å². The molecule has 1 aromatic rings. The van der Waals surface area contributed by atoms with E-state index in [0.717, 1.165) is 0 Å². The first-order chi connectivity index (χ1) is 7.47. The Morgan fingerprint density at radius 3 is 2.75 bits per heavy atom. The maximum absolute atomic E-state index is 11.7. The minimum Gasteiger partial charge on any atom is -0.399 e. The molecule has 16 heavy (non-hydrogen) atoms. The van der Waals surface area contributed by atoms with Crippen LogP contribution < -0.4 is 10.5 Å². The number of benzene rings is 1. The Hall–Kier alpha value is -0.820. The van der Waals surface area contributed by atoms with Gasteiger partial charge in [0.1, 0.15) is 4.90 Å². The van der Waals surface area contributed by atoms with Crippen LogP contribution in [0.4, 0.5) is 5.69 Å². The summed E-state index contributed by atoms with van der Waals surface area (Å²) >= 11 is 5.80. The van der Waals surface area contributed by atoms with Crippen molar-refractivity contribution in [2.24, 2.45) is 0 Å². The summed E-state index contributed by atoms with van der Waals surface area (Å²) in [6, 6.07) is 4.25. The zero-order chi connectivity index (χ0) is 12.2. The predicted octanol–water partition coefficient (Wildman–Crippen LogP) is 0.847. The summed E-state index contributed by atoms with van der Waals surface area (Å²) < 4.78 is 30.6.